The topological polar surface area (TPSA) is 47.6 Å². The molecule has 0 radical (unpaired) electrons. The molecule has 2 atom stereocenters. The number of carbonyl (C=O) groups is 1. The molecule has 4 nitrogen and oxygen atoms in total. The number of hydrogen-bond donors (Lipinski definition) is 1. The van der Waals surface area contributed by atoms with Gasteiger partial charge >= 0.3 is 0 Å². The normalized spacial score (nSPS) is 24.2. The first kappa shape index (κ1) is 12.3. The predicted octanol–water partition coefficient (Wildman–Crippen LogP) is 2.09. The van der Waals surface area contributed by atoms with Gasteiger partial charge < -0.3 is 14.8 Å². The molecule has 1 aromatic carbocycles. The molecular formula is C15H19NO3. The number of ether oxygens (including phenoxy) is 2. The summed E-state index contributed by atoms with van der Waals surface area (Å²) in [5.41, 5.74) is 1.17. The first-order valence-electron chi connectivity index (χ1n) is 6.85. The van der Waals surface area contributed by atoms with Crippen LogP contribution in [0.5, 0.6) is 11.5 Å². The number of benzene rings is 1. The molecule has 0 aromatic heterocycles. The van der Waals surface area contributed by atoms with Gasteiger partial charge in [-0.3, -0.25) is 4.79 Å². The number of hydrogen-bond acceptors (Lipinski definition) is 3. The molecule has 1 saturated carbocycles. The number of nitrogens with one attached hydrogen (secondary N) is 1. The van der Waals surface area contributed by atoms with Gasteiger partial charge in [-0.1, -0.05) is 6.07 Å². The maximum absolute atomic E-state index is 11.9. The van der Waals surface area contributed by atoms with E-state index >= 15 is 0 Å². The van der Waals surface area contributed by atoms with Crippen molar-refractivity contribution in [3.8, 4) is 11.5 Å². The van der Waals surface area contributed by atoms with Crippen LogP contribution in [0.25, 0.3) is 0 Å². The Balaban J connectivity index is 1.70. The van der Waals surface area contributed by atoms with Gasteiger partial charge in [-0.05, 0) is 43.9 Å². The van der Waals surface area contributed by atoms with Gasteiger partial charge in [0.15, 0.2) is 11.5 Å². The first-order valence-corrected chi connectivity index (χ1v) is 6.85. The molecule has 1 amide bonds. The molecule has 102 valence electrons. The van der Waals surface area contributed by atoms with Crippen LogP contribution in [0.4, 0.5) is 0 Å². The summed E-state index contributed by atoms with van der Waals surface area (Å²) >= 11 is 0. The van der Waals surface area contributed by atoms with Crippen LogP contribution >= 0.6 is 0 Å². The van der Waals surface area contributed by atoms with Crippen molar-refractivity contribution in [1.82, 2.24) is 5.32 Å². The second kappa shape index (κ2) is 4.76. The molecule has 1 heterocycles. The predicted molar refractivity (Wildman–Crippen MR) is 71.6 cm³/mol. The van der Waals surface area contributed by atoms with E-state index < -0.39 is 0 Å². The van der Waals surface area contributed by atoms with Gasteiger partial charge in [0.05, 0.1) is 0 Å². The molecule has 1 fully saturated rings. The van der Waals surface area contributed by atoms with Crippen molar-refractivity contribution in [2.24, 2.45) is 5.92 Å². The summed E-state index contributed by atoms with van der Waals surface area (Å²) in [5, 5.41) is 2.97. The Kier molecular flexibility index (Phi) is 3.09. The molecule has 1 N–H and O–H groups in total. The van der Waals surface area contributed by atoms with E-state index in [1.54, 1.807) is 0 Å². The third kappa shape index (κ3) is 2.53. The molecular weight excluding hydrogens is 242 g/mol. The molecule has 0 unspecified atom stereocenters. The summed E-state index contributed by atoms with van der Waals surface area (Å²) in [6.45, 7) is 5.17. The van der Waals surface area contributed by atoms with Gasteiger partial charge in [0.1, 0.15) is 13.2 Å². The highest BCUT2D eigenvalue weighted by molar-refractivity contribution is 5.83. The van der Waals surface area contributed by atoms with Crippen LogP contribution in [0.15, 0.2) is 18.2 Å². The van der Waals surface area contributed by atoms with E-state index in [1.165, 1.54) is 5.56 Å². The summed E-state index contributed by atoms with van der Waals surface area (Å²) in [6, 6.07) is 6.20. The highest BCUT2D eigenvalue weighted by Gasteiger charge is 2.44. The number of amides is 1. The summed E-state index contributed by atoms with van der Waals surface area (Å²) in [6.07, 6.45) is 0.929. The Morgan fingerprint density at radius 3 is 2.74 bits per heavy atom. The smallest absolute Gasteiger partial charge is 0.223 e. The van der Waals surface area contributed by atoms with Crippen molar-refractivity contribution in [2.75, 3.05) is 13.2 Å². The van der Waals surface area contributed by atoms with Gasteiger partial charge in [-0.15, -0.1) is 0 Å². The molecule has 1 aromatic rings. The van der Waals surface area contributed by atoms with Crippen LogP contribution < -0.4 is 14.8 Å². The number of fused-ring (bicyclic) bond motifs is 1. The van der Waals surface area contributed by atoms with Gasteiger partial charge in [0, 0.05) is 12.0 Å². The quantitative estimate of drug-likeness (QED) is 0.906. The first-order chi connectivity index (χ1) is 9.15. The molecule has 3 rings (SSSR count). The lowest BCUT2D eigenvalue weighted by Crippen LogP contribution is -2.31. The standard InChI is InChI=1S/C15H19NO3/c1-9(2)16-15(17)12-8-11(12)10-3-4-13-14(7-10)19-6-5-18-13/h3-4,7,9,11-12H,5-6,8H2,1-2H3,(H,16,17)/t11-,12-/m0/s1. The Morgan fingerprint density at radius 1 is 1.26 bits per heavy atom. The average molecular weight is 261 g/mol. The molecule has 2 aliphatic rings. The second-order valence-electron chi connectivity index (χ2n) is 5.52. The van der Waals surface area contributed by atoms with Gasteiger partial charge in [0.2, 0.25) is 5.91 Å². The van der Waals surface area contributed by atoms with Crippen LogP contribution in [0.1, 0.15) is 31.7 Å². The Hall–Kier alpha value is -1.71. The van der Waals surface area contributed by atoms with Crippen LogP contribution in [-0.2, 0) is 4.79 Å². The lowest BCUT2D eigenvalue weighted by molar-refractivity contribution is -0.122. The van der Waals surface area contributed by atoms with Gasteiger partial charge in [0.25, 0.3) is 0 Å². The van der Waals surface area contributed by atoms with E-state index in [0.29, 0.717) is 19.1 Å². The summed E-state index contributed by atoms with van der Waals surface area (Å²) < 4.78 is 11.1. The van der Waals surface area contributed by atoms with Crippen molar-refractivity contribution in [1.29, 1.82) is 0 Å². The Morgan fingerprint density at radius 2 is 2.00 bits per heavy atom. The SMILES string of the molecule is CC(C)NC(=O)[C@H]1C[C@H]1c1ccc2c(c1)OCCO2. The largest absolute Gasteiger partial charge is 0.486 e. The zero-order chi connectivity index (χ0) is 13.4. The van der Waals surface area contributed by atoms with E-state index in [1.807, 2.05) is 32.0 Å². The fraction of sp³-hybridized carbons (Fsp3) is 0.533. The highest BCUT2D eigenvalue weighted by atomic mass is 16.6. The van der Waals surface area contributed by atoms with Gasteiger partial charge in [-0.2, -0.15) is 0 Å². The maximum atomic E-state index is 11.9. The zero-order valence-electron chi connectivity index (χ0n) is 11.3. The average Bonchev–Trinajstić information content (AvgIpc) is 3.17. The third-order valence-corrected chi connectivity index (χ3v) is 3.55. The molecule has 19 heavy (non-hydrogen) atoms. The molecule has 0 spiro atoms. The van der Waals surface area contributed by atoms with E-state index in [0.717, 1.165) is 17.9 Å². The summed E-state index contributed by atoms with van der Waals surface area (Å²) in [7, 11) is 0. The second-order valence-corrected chi connectivity index (χ2v) is 5.52. The van der Waals surface area contributed by atoms with E-state index in [2.05, 4.69) is 5.32 Å². The van der Waals surface area contributed by atoms with Crippen molar-refractivity contribution in [2.45, 2.75) is 32.2 Å². The number of carbonyl (C=O) groups excluding carboxylic acids is 1. The lowest BCUT2D eigenvalue weighted by atomic mass is 10.1. The molecule has 1 aliphatic heterocycles. The third-order valence-electron chi connectivity index (χ3n) is 3.55. The van der Waals surface area contributed by atoms with E-state index in [9.17, 15) is 4.79 Å². The minimum absolute atomic E-state index is 0.116. The maximum Gasteiger partial charge on any atom is 0.223 e. The zero-order valence-corrected chi connectivity index (χ0v) is 11.3. The number of rotatable bonds is 3. The monoisotopic (exact) mass is 261 g/mol. The highest BCUT2D eigenvalue weighted by Crippen LogP contribution is 2.49. The van der Waals surface area contributed by atoms with Crippen molar-refractivity contribution in [3.05, 3.63) is 23.8 Å². The summed E-state index contributed by atoms with van der Waals surface area (Å²) in [5.74, 6) is 2.21. The van der Waals surface area contributed by atoms with E-state index in [4.69, 9.17) is 9.47 Å². The Bertz CT molecular complexity index is 498. The van der Waals surface area contributed by atoms with E-state index in [-0.39, 0.29) is 17.9 Å². The summed E-state index contributed by atoms with van der Waals surface area (Å²) in [4.78, 5) is 11.9. The van der Waals surface area contributed by atoms with Crippen molar-refractivity contribution < 1.29 is 14.3 Å². The van der Waals surface area contributed by atoms with Crippen LogP contribution in [0, 0.1) is 5.92 Å². The minimum atomic E-state index is 0.116. The fourth-order valence-electron chi connectivity index (χ4n) is 2.54. The molecule has 1 aliphatic carbocycles. The fourth-order valence-corrected chi connectivity index (χ4v) is 2.54. The van der Waals surface area contributed by atoms with Crippen molar-refractivity contribution >= 4 is 5.91 Å². The van der Waals surface area contributed by atoms with Crippen molar-refractivity contribution in [3.63, 3.8) is 0 Å². The van der Waals surface area contributed by atoms with Crippen LogP contribution in [-0.4, -0.2) is 25.2 Å². The van der Waals surface area contributed by atoms with Crippen LogP contribution in [0.3, 0.4) is 0 Å². The molecule has 0 bridgehead atoms. The van der Waals surface area contributed by atoms with Crippen LogP contribution in [0.2, 0.25) is 0 Å². The lowest BCUT2D eigenvalue weighted by Gasteiger charge is -2.18. The Labute approximate surface area is 113 Å². The minimum Gasteiger partial charge on any atom is -0.486 e. The van der Waals surface area contributed by atoms with Gasteiger partial charge in [-0.25, -0.2) is 0 Å². The molecule has 4 heteroatoms. The molecule has 0 saturated heterocycles.